The highest BCUT2D eigenvalue weighted by Crippen LogP contribution is 2.21. The summed E-state index contributed by atoms with van der Waals surface area (Å²) in [6, 6.07) is 23.7. The van der Waals surface area contributed by atoms with E-state index in [-0.39, 0.29) is 13.2 Å². The largest absolute Gasteiger partial charge is 0.490 e. The Bertz CT molecular complexity index is 1180. The van der Waals surface area contributed by atoms with Crippen LogP contribution in [0.4, 0.5) is 5.82 Å². The SMILES string of the molecule is Nc1nc(COC(=O)c2ccccc2OCCOc2ccccc2)nc2ccccc12. The van der Waals surface area contributed by atoms with Gasteiger partial charge in [0, 0.05) is 5.39 Å². The van der Waals surface area contributed by atoms with Crippen molar-refractivity contribution < 1.29 is 19.0 Å². The summed E-state index contributed by atoms with van der Waals surface area (Å²) in [6.45, 7) is 0.528. The predicted molar refractivity (Wildman–Crippen MR) is 117 cm³/mol. The summed E-state index contributed by atoms with van der Waals surface area (Å²) in [7, 11) is 0. The number of hydrogen-bond acceptors (Lipinski definition) is 7. The quantitative estimate of drug-likeness (QED) is 0.343. The van der Waals surface area contributed by atoms with Gasteiger partial charge in [-0.1, -0.05) is 42.5 Å². The molecule has 0 atom stereocenters. The predicted octanol–water partition coefficient (Wildman–Crippen LogP) is 4.03. The van der Waals surface area contributed by atoms with Crippen LogP contribution in [0.5, 0.6) is 11.5 Å². The molecule has 2 N–H and O–H groups in total. The van der Waals surface area contributed by atoms with Gasteiger partial charge in [0.15, 0.2) is 12.4 Å². The van der Waals surface area contributed by atoms with Crippen LogP contribution in [0.15, 0.2) is 78.9 Å². The van der Waals surface area contributed by atoms with Crippen LogP contribution in [0.1, 0.15) is 16.2 Å². The Morgan fingerprint density at radius 3 is 2.39 bits per heavy atom. The van der Waals surface area contributed by atoms with Crippen molar-refractivity contribution in [2.24, 2.45) is 0 Å². The minimum Gasteiger partial charge on any atom is -0.490 e. The summed E-state index contributed by atoms with van der Waals surface area (Å²) in [4.78, 5) is 21.2. The van der Waals surface area contributed by atoms with E-state index < -0.39 is 5.97 Å². The first-order chi connectivity index (χ1) is 15.2. The average molecular weight is 415 g/mol. The van der Waals surface area contributed by atoms with Crippen molar-refractivity contribution in [3.8, 4) is 11.5 Å². The molecule has 0 aliphatic rings. The minimum atomic E-state index is -0.532. The van der Waals surface area contributed by atoms with E-state index in [1.165, 1.54) is 0 Å². The number of anilines is 1. The van der Waals surface area contributed by atoms with E-state index in [1.807, 2.05) is 54.6 Å². The summed E-state index contributed by atoms with van der Waals surface area (Å²) in [5.74, 6) is 1.32. The Hall–Kier alpha value is -4.13. The van der Waals surface area contributed by atoms with Gasteiger partial charge in [-0.2, -0.15) is 0 Å². The number of hydrogen-bond donors (Lipinski definition) is 1. The second-order valence-electron chi connectivity index (χ2n) is 6.62. The zero-order valence-electron chi connectivity index (χ0n) is 16.7. The van der Waals surface area contributed by atoms with Crippen LogP contribution in [0.3, 0.4) is 0 Å². The highest BCUT2D eigenvalue weighted by Gasteiger charge is 2.15. The first-order valence-corrected chi connectivity index (χ1v) is 9.78. The Labute approximate surface area is 179 Å². The van der Waals surface area contributed by atoms with Crippen molar-refractivity contribution in [2.75, 3.05) is 18.9 Å². The molecule has 156 valence electrons. The second-order valence-corrected chi connectivity index (χ2v) is 6.62. The highest BCUT2D eigenvalue weighted by molar-refractivity contribution is 5.92. The standard InChI is InChI=1S/C24H21N3O4/c25-23-18-10-4-6-12-20(18)26-22(27-23)16-31-24(28)19-11-5-7-13-21(19)30-15-14-29-17-8-2-1-3-9-17/h1-13H,14-16H2,(H2,25,26,27). The number of aromatic nitrogens is 2. The number of nitrogens with two attached hydrogens (primary N) is 1. The monoisotopic (exact) mass is 415 g/mol. The number of fused-ring (bicyclic) bond motifs is 1. The zero-order valence-corrected chi connectivity index (χ0v) is 16.7. The van der Waals surface area contributed by atoms with Crippen molar-refractivity contribution in [1.82, 2.24) is 9.97 Å². The van der Waals surface area contributed by atoms with Gasteiger partial charge in [-0.3, -0.25) is 0 Å². The van der Waals surface area contributed by atoms with E-state index in [0.717, 1.165) is 11.1 Å². The third kappa shape index (κ3) is 5.08. The summed E-state index contributed by atoms with van der Waals surface area (Å²) >= 11 is 0. The first kappa shape index (κ1) is 20.2. The van der Waals surface area contributed by atoms with E-state index >= 15 is 0 Å². The Morgan fingerprint density at radius 2 is 1.52 bits per heavy atom. The number of nitrogens with zero attached hydrogens (tertiary/aromatic N) is 2. The molecule has 0 radical (unpaired) electrons. The lowest BCUT2D eigenvalue weighted by molar-refractivity contribution is 0.0457. The van der Waals surface area contributed by atoms with Gasteiger partial charge in [-0.15, -0.1) is 0 Å². The van der Waals surface area contributed by atoms with E-state index in [4.69, 9.17) is 19.9 Å². The molecule has 0 saturated carbocycles. The van der Waals surface area contributed by atoms with Gasteiger partial charge in [0.25, 0.3) is 0 Å². The van der Waals surface area contributed by atoms with E-state index in [0.29, 0.717) is 35.1 Å². The van der Waals surface area contributed by atoms with Crippen LogP contribution in [-0.2, 0) is 11.3 Å². The Morgan fingerprint density at radius 1 is 0.806 bits per heavy atom. The number of carbonyl (C=O) groups excluding carboxylic acids is 1. The number of para-hydroxylation sites is 3. The molecule has 0 aliphatic carbocycles. The van der Waals surface area contributed by atoms with Crippen LogP contribution < -0.4 is 15.2 Å². The first-order valence-electron chi connectivity index (χ1n) is 9.78. The summed E-state index contributed by atoms with van der Waals surface area (Å²) in [5, 5.41) is 0.758. The number of esters is 1. The number of benzene rings is 3. The molecular formula is C24H21N3O4. The van der Waals surface area contributed by atoms with Crippen LogP contribution >= 0.6 is 0 Å². The van der Waals surface area contributed by atoms with E-state index in [9.17, 15) is 4.79 Å². The van der Waals surface area contributed by atoms with Crippen LogP contribution in [-0.4, -0.2) is 29.2 Å². The third-order valence-electron chi connectivity index (χ3n) is 4.47. The molecule has 31 heavy (non-hydrogen) atoms. The van der Waals surface area contributed by atoms with Gasteiger partial charge in [0.05, 0.1) is 5.52 Å². The summed E-state index contributed by atoms with van der Waals surface area (Å²) in [5.41, 5.74) is 7.00. The van der Waals surface area contributed by atoms with Crippen molar-refractivity contribution in [1.29, 1.82) is 0 Å². The smallest absolute Gasteiger partial charge is 0.342 e. The lowest BCUT2D eigenvalue weighted by atomic mass is 10.2. The fourth-order valence-electron chi connectivity index (χ4n) is 3.01. The van der Waals surface area contributed by atoms with Crippen LogP contribution in [0, 0.1) is 0 Å². The van der Waals surface area contributed by atoms with Crippen LogP contribution in [0.2, 0.25) is 0 Å². The van der Waals surface area contributed by atoms with Gasteiger partial charge in [0.1, 0.15) is 36.1 Å². The molecule has 0 bridgehead atoms. The molecule has 0 saturated heterocycles. The van der Waals surface area contributed by atoms with E-state index in [2.05, 4.69) is 9.97 Å². The lowest BCUT2D eigenvalue weighted by Gasteiger charge is -2.12. The molecule has 0 spiro atoms. The molecule has 4 rings (SSSR count). The molecule has 1 heterocycles. The van der Waals surface area contributed by atoms with Gasteiger partial charge < -0.3 is 19.9 Å². The molecule has 0 fully saturated rings. The third-order valence-corrected chi connectivity index (χ3v) is 4.47. The lowest BCUT2D eigenvalue weighted by Crippen LogP contribution is -2.13. The van der Waals surface area contributed by atoms with Gasteiger partial charge >= 0.3 is 5.97 Å². The van der Waals surface area contributed by atoms with Crippen molar-refractivity contribution in [2.45, 2.75) is 6.61 Å². The van der Waals surface area contributed by atoms with Crippen molar-refractivity contribution in [3.63, 3.8) is 0 Å². The second kappa shape index (κ2) is 9.58. The normalized spacial score (nSPS) is 10.6. The molecule has 7 nitrogen and oxygen atoms in total. The van der Waals surface area contributed by atoms with Gasteiger partial charge in [-0.25, -0.2) is 14.8 Å². The van der Waals surface area contributed by atoms with Gasteiger partial charge in [-0.05, 0) is 36.4 Å². The number of ether oxygens (including phenoxy) is 3. The molecule has 3 aromatic carbocycles. The number of nitrogen functional groups attached to an aromatic ring is 1. The molecule has 4 aromatic rings. The average Bonchev–Trinajstić information content (AvgIpc) is 2.81. The van der Waals surface area contributed by atoms with Gasteiger partial charge in [0.2, 0.25) is 0 Å². The maximum absolute atomic E-state index is 12.6. The minimum absolute atomic E-state index is 0.0979. The number of carbonyl (C=O) groups is 1. The highest BCUT2D eigenvalue weighted by atomic mass is 16.5. The van der Waals surface area contributed by atoms with Crippen molar-refractivity contribution in [3.05, 3.63) is 90.3 Å². The molecule has 0 unspecified atom stereocenters. The Kier molecular flexibility index (Phi) is 6.23. The maximum Gasteiger partial charge on any atom is 0.342 e. The van der Waals surface area contributed by atoms with Crippen molar-refractivity contribution >= 4 is 22.7 Å². The number of rotatable bonds is 8. The fourth-order valence-corrected chi connectivity index (χ4v) is 3.01. The molecule has 0 amide bonds. The topological polar surface area (TPSA) is 96.6 Å². The molecule has 0 aliphatic heterocycles. The molecular weight excluding hydrogens is 394 g/mol. The Balaban J connectivity index is 1.36. The zero-order chi connectivity index (χ0) is 21.5. The van der Waals surface area contributed by atoms with Crippen LogP contribution in [0.25, 0.3) is 10.9 Å². The molecule has 7 heteroatoms. The fraction of sp³-hybridized carbons (Fsp3) is 0.125. The summed E-state index contributed by atoms with van der Waals surface area (Å²) < 4.78 is 16.7. The summed E-state index contributed by atoms with van der Waals surface area (Å²) in [6.07, 6.45) is 0. The maximum atomic E-state index is 12.6. The van der Waals surface area contributed by atoms with E-state index in [1.54, 1.807) is 24.3 Å². The molecule has 1 aromatic heterocycles.